The summed E-state index contributed by atoms with van der Waals surface area (Å²) in [4.78, 5) is 0. The van der Waals surface area contributed by atoms with Gasteiger partial charge >= 0.3 is 0 Å². The summed E-state index contributed by atoms with van der Waals surface area (Å²) in [6, 6.07) is 1.98. The standard InChI is InChI=1S/C14H20BrN3O/c1-4-7-16-13(14-11(15)6-8-19-14)10-9-18(3)17-12(10)5-2/h6,8-9,13,16H,4-5,7H2,1-3H3. The van der Waals surface area contributed by atoms with Gasteiger partial charge < -0.3 is 9.73 Å². The molecule has 1 unspecified atom stereocenters. The second-order valence-corrected chi connectivity index (χ2v) is 5.43. The zero-order valence-corrected chi connectivity index (χ0v) is 13.2. The van der Waals surface area contributed by atoms with Crippen molar-refractivity contribution in [3.8, 4) is 0 Å². The largest absolute Gasteiger partial charge is 0.466 e. The molecule has 0 aromatic carbocycles. The van der Waals surface area contributed by atoms with Crippen molar-refractivity contribution in [3.05, 3.63) is 40.0 Å². The molecule has 1 atom stereocenters. The first-order valence-electron chi connectivity index (χ1n) is 6.66. The molecule has 5 heteroatoms. The molecule has 0 fully saturated rings. The van der Waals surface area contributed by atoms with Crippen LogP contribution < -0.4 is 5.32 Å². The molecule has 4 nitrogen and oxygen atoms in total. The van der Waals surface area contributed by atoms with Crippen LogP contribution >= 0.6 is 15.9 Å². The van der Waals surface area contributed by atoms with Gasteiger partial charge in [0.15, 0.2) is 0 Å². The maximum Gasteiger partial charge on any atom is 0.139 e. The lowest BCUT2D eigenvalue weighted by molar-refractivity contribution is 0.443. The van der Waals surface area contributed by atoms with Crippen molar-refractivity contribution in [1.29, 1.82) is 0 Å². The minimum atomic E-state index is 0.0491. The smallest absolute Gasteiger partial charge is 0.139 e. The van der Waals surface area contributed by atoms with Crippen LogP contribution in [0.25, 0.3) is 0 Å². The highest BCUT2D eigenvalue weighted by Gasteiger charge is 2.23. The molecule has 104 valence electrons. The maximum atomic E-state index is 5.64. The number of hydrogen-bond donors (Lipinski definition) is 1. The maximum absolute atomic E-state index is 5.64. The Bertz CT molecular complexity index is 533. The van der Waals surface area contributed by atoms with Crippen molar-refractivity contribution in [2.75, 3.05) is 6.54 Å². The van der Waals surface area contributed by atoms with Gasteiger partial charge in [-0.25, -0.2) is 0 Å². The van der Waals surface area contributed by atoms with Crippen LogP contribution in [0.15, 0.2) is 27.4 Å². The van der Waals surface area contributed by atoms with Gasteiger partial charge in [0.25, 0.3) is 0 Å². The molecule has 0 bridgehead atoms. The van der Waals surface area contributed by atoms with Crippen LogP contribution in [0.1, 0.15) is 43.3 Å². The van der Waals surface area contributed by atoms with E-state index >= 15 is 0 Å². The van der Waals surface area contributed by atoms with E-state index in [0.29, 0.717) is 0 Å². The van der Waals surface area contributed by atoms with E-state index in [0.717, 1.165) is 35.3 Å². The van der Waals surface area contributed by atoms with Gasteiger partial charge in [-0.05, 0) is 41.4 Å². The molecular weight excluding hydrogens is 306 g/mol. The molecule has 0 aliphatic heterocycles. The van der Waals surface area contributed by atoms with E-state index < -0.39 is 0 Å². The van der Waals surface area contributed by atoms with Crippen LogP contribution in [0, 0.1) is 0 Å². The van der Waals surface area contributed by atoms with Crippen LogP contribution in [0.5, 0.6) is 0 Å². The summed E-state index contributed by atoms with van der Waals surface area (Å²) in [5, 5.41) is 8.06. The molecule has 0 spiro atoms. The van der Waals surface area contributed by atoms with E-state index in [-0.39, 0.29) is 6.04 Å². The Morgan fingerprint density at radius 1 is 1.47 bits per heavy atom. The quantitative estimate of drug-likeness (QED) is 0.884. The van der Waals surface area contributed by atoms with E-state index in [1.807, 2.05) is 17.8 Å². The van der Waals surface area contributed by atoms with Crippen molar-refractivity contribution >= 4 is 15.9 Å². The Balaban J connectivity index is 2.39. The highest BCUT2D eigenvalue weighted by molar-refractivity contribution is 9.10. The van der Waals surface area contributed by atoms with E-state index in [1.165, 1.54) is 5.56 Å². The third-order valence-electron chi connectivity index (χ3n) is 3.09. The van der Waals surface area contributed by atoms with Gasteiger partial charge in [-0.3, -0.25) is 4.68 Å². The molecule has 1 N–H and O–H groups in total. The fourth-order valence-electron chi connectivity index (χ4n) is 2.21. The summed E-state index contributed by atoms with van der Waals surface area (Å²) >= 11 is 3.55. The van der Waals surface area contributed by atoms with E-state index in [9.17, 15) is 0 Å². The normalized spacial score (nSPS) is 12.8. The second kappa shape index (κ2) is 6.39. The van der Waals surface area contributed by atoms with Crippen LogP contribution in [0.3, 0.4) is 0 Å². The van der Waals surface area contributed by atoms with E-state index in [1.54, 1.807) is 6.26 Å². The third-order valence-corrected chi connectivity index (χ3v) is 3.74. The van der Waals surface area contributed by atoms with Crippen molar-refractivity contribution in [1.82, 2.24) is 15.1 Å². The van der Waals surface area contributed by atoms with E-state index in [2.05, 4.69) is 46.4 Å². The fourth-order valence-corrected chi connectivity index (χ4v) is 2.64. The van der Waals surface area contributed by atoms with Gasteiger partial charge in [-0.2, -0.15) is 5.10 Å². The SMILES string of the molecule is CCCNC(c1cn(C)nc1CC)c1occc1Br. The molecule has 0 amide bonds. The number of aromatic nitrogens is 2. The molecule has 0 radical (unpaired) electrons. The van der Waals surface area contributed by atoms with Crippen LogP contribution in [0.2, 0.25) is 0 Å². The van der Waals surface area contributed by atoms with Gasteiger partial charge in [-0.1, -0.05) is 13.8 Å². The molecule has 19 heavy (non-hydrogen) atoms. The molecular formula is C14H20BrN3O. The van der Waals surface area contributed by atoms with Crippen molar-refractivity contribution in [3.63, 3.8) is 0 Å². The third kappa shape index (κ3) is 3.09. The number of hydrogen-bond acceptors (Lipinski definition) is 3. The first kappa shape index (κ1) is 14.3. The molecule has 2 heterocycles. The van der Waals surface area contributed by atoms with Gasteiger partial charge in [-0.15, -0.1) is 0 Å². The lowest BCUT2D eigenvalue weighted by Crippen LogP contribution is -2.23. The van der Waals surface area contributed by atoms with Crippen molar-refractivity contribution in [2.45, 2.75) is 32.7 Å². The first-order chi connectivity index (χ1) is 9.17. The molecule has 0 saturated heterocycles. The summed E-state index contributed by atoms with van der Waals surface area (Å²) in [5.74, 6) is 0.913. The molecule has 0 aliphatic rings. The molecule has 2 aromatic heterocycles. The van der Waals surface area contributed by atoms with Crippen molar-refractivity contribution in [2.24, 2.45) is 7.05 Å². The van der Waals surface area contributed by atoms with Gasteiger partial charge in [0.05, 0.1) is 22.5 Å². The number of aryl methyl sites for hydroxylation is 2. The summed E-state index contributed by atoms with van der Waals surface area (Å²) in [5.41, 5.74) is 2.30. The lowest BCUT2D eigenvalue weighted by atomic mass is 10.0. The summed E-state index contributed by atoms with van der Waals surface area (Å²) in [6.07, 6.45) is 5.78. The van der Waals surface area contributed by atoms with Gasteiger partial charge in [0, 0.05) is 18.8 Å². The number of nitrogens with zero attached hydrogens (tertiary/aromatic N) is 2. The highest BCUT2D eigenvalue weighted by Crippen LogP contribution is 2.31. The highest BCUT2D eigenvalue weighted by atomic mass is 79.9. The number of nitrogens with one attached hydrogen (secondary N) is 1. The summed E-state index contributed by atoms with van der Waals surface area (Å²) in [7, 11) is 1.96. The fraction of sp³-hybridized carbons (Fsp3) is 0.500. The first-order valence-corrected chi connectivity index (χ1v) is 7.45. The molecule has 0 aliphatic carbocycles. The molecule has 2 rings (SSSR count). The average molecular weight is 326 g/mol. The summed E-state index contributed by atoms with van der Waals surface area (Å²) < 4.78 is 8.50. The minimum Gasteiger partial charge on any atom is -0.466 e. The van der Waals surface area contributed by atoms with Crippen LogP contribution in [-0.2, 0) is 13.5 Å². The number of rotatable bonds is 6. The van der Waals surface area contributed by atoms with Crippen molar-refractivity contribution < 1.29 is 4.42 Å². The predicted molar refractivity (Wildman–Crippen MR) is 79.1 cm³/mol. The topological polar surface area (TPSA) is 43.0 Å². The van der Waals surface area contributed by atoms with Crippen LogP contribution in [0.4, 0.5) is 0 Å². The summed E-state index contributed by atoms with van der Waals surface area (Å²) in [6.45, 7) is 5.22. The number of halogens is 1. The predicted octanol–water partition coefficient (Wildman–Crippen LogP) is 3.43. The van der Waals surface area contributed by atoms with Crippen LogP contribution in [-0.4, -0.2) is 16.3 Å². The minimum absolute atomic E-state index is 0.0491. The second-order valence-electron chi connectivity index (χ2n) is 4.58. The monoisotopic (exact) mass is 325 g/mol. The Labute approximate surface area is 122 Å². The average Bonchev–Trinajstić information content (AvgIpc) is 2.97. The zero-order valence-electron chi connectivity index (χ0n) is 11.6. The molecule has 0 saturated carbocycles. The Morgan fingerprint density at radius 2 is 2.26 bits per heavy atom. The van der Waals surface area contributed by atoms with Gasteiger partial charge in [0.2, 0.25) is 0 Å². The Morgan fingerprint density at radius 3 is 2.84 bits per heavy atom. The van der Waals surface area contributed by atoms with Gasteiger partial charge in [0.1, 0.15) is 5.76 Å². The lowest BCUT2D eigenvalue weighted by Gasteiger charge is -2.16. The number of furan rings is 1. The Kier molecular flexibility index (Phi) is 4.82. The molecule has 2 aromatic rings. The van der Waals surface area contributed by atoms with E-state index in [4.69, 9.17) is 4.42 Å². The zero-order chi connectivity index (χ0) is 13.8. The Hall–Kier alpha value is -1.07.